The lowest BCUT2D eigenvalue weighted by Gasteiger charge is -2.31. The Bertz CT molecular complexity index is 932. The van der Waals surface area contributed by atoms with E-state index >= 15 is 0 Å². The van der Waals surface area contributed by atoms with E-state index in [0.717, 1.165) is 5.56 Å². The highest BCUT2D eigenvalue weighted by atomic mass is 16.3. The van der Waals surface area contributed by atoms with E-state index in [1.165, 1.54) is 12.5 Å². The van der Waals surface area contributed by atoms with E-state index in [4.69, 9.17) is 4.42 Å². The number of carbonyl (C=O) groups is 2. The van der Waals surface area contributed by atoms with Crippen LogP contribution in [0, 0.1) is 5.92 Å². The molecule has 0 unspecified atom stereocenters. The highest BCUT2D eigenvalue weighted by molar-refractivity contribution is 5.95. The quantitative estimate of drug-likeness (QED) is 0.755. The number of nitrogens with one attached hydrogen (secondary N) is 1. The number of rotatable bonds is 4. The summed E-state index contributed by atoms with van der Waals surface area (Å²) < 4.78 is 4.97. The molecular formula is C21H20N4O3. The Morgan fingerprint density at radius 1 is 1.04 bits per heavy atom. The number of amides is 2. The summed E-state index contributed by atoms with van der Waals surface area (Å²) in [7, 11) is 0. The van der Waals surface area contributed by atoms with Gasteiger partial charge in [-0.3, -0.25) is 9.59 Å². The Balaban J connectivity index is 1.32. The average Bonchev–Trinajstić information content (AvgIpc) is 3.29. The molecule has 0 bridgehead atoms. The molecule has 1 N–H and O–H groups in total. The fourth-order valence-electron chi connectivity index (χ4n) is 3.29. The average molecular weight is 376 g/mol. The van der Waals surface area contributed by atoms with Gasteiger partial charge < -0.3 is 14.6 Å². The maximum atomic E-state index is 12.5. The van der Waals surface area contributed by atoms with Crippen LogP contribution in [0.3, 0.4) is 0 Å². The molecule has 0 spiro atoms. The van der Waals surface area contributed by atoms with Crippen molar-refractivity contribution in [1.29, 1.82) is 0 Å². The second kappa shape index (κ2) is 8.04. The van der Waals surface area contributed by atoms with Gasteiger partial charge in [0, 0.05) is 24.6 Å². The zero-order valence-corrected chi connectivity index (χ0v) is 15.2. The zero-order valence-electron chi connectivity index (χ0n) is 15.2. The van der Waals surface area contributed by atoms with Crippen LogP contribution in [0.25, 0.3) is 11.4 Å². The lowest BCUT2D eigenvalue weighted by atomic mass is 9.95. The third kappa shape index (κ3) is 3.93. The van der Waals surface area contributed by atoms with Crippen LogP contribution in [0.1, 0.15) is 23.2 Å². The monoisotopic (exact) mass is 376 g/mol. The molecule has 0 aliphatic carbocycles. The number of likely N-dealkylation sites (tertiary alicyclic amines) is 1. The van der Waals surface area contributed by atoms with E-state index in [2.05, 4.69) is 15.3 Å². The Morgan fingerprint density at radius 3 is 2.39 bits per heavy atom. The minimum atomic E-state index is -0.137. The largest absolute Gasteiger partial charge is 0.472 e. The van der Waals surface area contributed by atoms with Crippen LogP contribution in [0.2, 0.25) is 0 Å². The summed E-state index contributed by atoms with van der Waals surface area (Å²) in [4.78, 5) is 35.3. The third-order valence-corrected chi connectivity index (χ3v) is 4.87. The summed E-state index contributed by atoms with van der Waals surface area (Å²) in [5, 5.41) is 2.88. The molecule has 28 heavy (non-hydrogen) atoms. The Kier molecular flexibility index (Phi) is 5.14. The summed E-state index contributed by atoms with van der Waals surface area (Å²) in [5.41, 5.74) is 2.04. The Morgan fingerprint density at radius 2 is 1.75 bits per heavy atom. The first-order chi connectivity index (χ1) is 13.7. The third-order valence-electron chi connectivity index (χ3n) is 4.87. The van der Waals surface area contributed by atoms with Gasteiger partial charge in [0.2, 0.25) is 5.91 Å². The van der Waals surface area contributed by atoms with Crippen molar-refractivity contribution >= 4 is 17.5 Å². The SMILES string of the molecule is O=C(Nc1cnc(-c2ccccc2)nc1)C1CCN(C(=O)c2ccoc2)CC1. The molecule has 7 heteroatoms. The highest BCUT2D eigenvalue weighted by Gasteiger charge is 2.28. The standard InChI is InChI=1S/C21H20N4O3/c26-20(16-6-9-25(10-7-16)21(27)17-8-11-28-14-17)24-18-12-22-19(23-13-18)15-4-2-1-3-5-15/h1-5,8,11-14,16H,6-7,9-10H2,(H,24,26). The molecule has 2 aromatic heterocycles. The summed E-state index contributed by atoms with van der Waals surface area (Å²) in [6.07, 6.45) is 7.41. The normalized spacial score (nSPS) is 14.6. The van der Waals surface area contributed by atoms with Gasteiger partial charge in [-0.1, -0.05) is 30.3 Å². The molecule has 0 radical (unpaired) electrons. The van der Waals surface area contributed by atoms with E-state index in [1.54, 1.807) is 23.4 Å². The lowest BCUT2D eigenvalue weighted by molar-refractivity contribution is -0.121. The van der Waals surface area contributed by atoms with E-state index < -0.39 is 0 Å². The predicted octanol–water partition coefficient (Wildman–Crippen LogP) is 3.23. The van der Waals surface area contributed by atoms with Crippen LogP contribution >= 0.6 is 0 Å². The van der Waals surface area contributed by atoms with Gasteiger partial charge in [-0.05, 0) is 18.9 Å². The van der Waals surface area contributed by atoms with Gasteiger partial charge in [0.05, 0.1) is 29.9 Å². The molecule has 4 rings (SSSR count). The molecule has 0 saturated carbocycles. The van der Waals surface area contributed by atoms with Gasteiger partial charge in [0.25, 0.3) is 5.91 Å². The van der Waals surface area contributed by atoms with E-state index in [-0.39, 0.29) is 17.7 Å². The molecule has 3 aromatic rings. The smallest absolute Gasteiger partial charge is 0.257 e. The van der Waals surface area contributed by atoms with Crippen LogP contribution < -0.4 is 5.32 Å². The van der Waals surface area contributed by atoms with Crippen molar-refractivity contribution in [3.8, 4) is 11.4 Å². The van der Waals surface area contributed by atoms with Crippen molar-refractivity contribution in [2.75, 3.05) is 18.4 Å². The molecule has 7 nitrogen and oxygen atoms in total. The van der Waals surface area contributed by atoms with Crippen molar-refractivity contribution in [2.24, 2.45) is 5.92 Å². The Hall–Kier alpha value is -3.48. The number of hydrogen-bond acceptors (Lipinski definition) is 5. The fraction of sp³-hybridized carbons (Fsp3) is 0.238. The number of anilines is 1. The Labute approximate surface area is 162 Å². The highest BCUT2D eigenvalue weighted by Crippen LogP contribution is 2.21. The first-order valence-corrected chi connectivity index (χ1v) is 9.20. The first kappa shape index (κ1) is 17.9. The van der Waals surface area contributed by atoms with Gasteiger partial charge in [-0.2, -0.15) is 0 Å². The van der Waals surface area contributed by atoms with Gasteiger partial charge in [0.15, 0.2) is 5.82 Å². The van der Waals surface area contributed by atoms with Gasteiger partial charge in [-0.15, -0.1) is 0 Å². The number of nitrogens with zero attached hydrogens (tertiary/aromatic N) is 3. The lowest BCUT2D eigenvalue weighted by Crippen LogP contribution is -2.41. The van der Waals surface area contributed by atoms with Crippen LogP contribution in [-0.4, -0.2) is 39.8 Å². The first-order valence-electron chi connectivity index (χ1n) is 9.20. The van der Waals surface area contributed by atoms with Crippen molar-refractivity contribution in [3.63, 3.8) is 0 Å². The summed E-state index contributed by atoms with van der Waals surface area (Å²) in [6, 6.07) is 11.3. The number of piperidine rings is 1. The molecule has 1 fully saturated rings. The van der Waals surface area contributed by atoms with E-state index in [1.807, 2.05) is 30.3 Å². The van der Waals surface area contributed by atoms with Gasteiger partial charge >= 0.3 is 0 Å². The maximum absolute atomic E-state index is 12.5. The topological polar surface area (TPSA) is 88.3 Å². The minimum Gasteiger partial charge on any atom is -0.472 e. The molecule has 2 amide bonds. The number of hydrogen-bond donors (Lipinski definition) is 1. The molecular weight excluding hydrogens is 356 g/mol. The predicted molar refractivity (Wildman–Crippen MR) is 103 cm³/mol. The summed E-state index contributed by atoms with van der Waals surface area (Å²) in [5.74, 6) is 0.357. The number of benzene rings is 1. The van der Waals surface area contributed by atoms with Crippen LogP contribution in [0.5, 0.6) is 0 Å². The van der Waals surface area contributed by atoms with Crippen LogP contribution in [0.4, 0.5) is 5.69 Å². The van der Waals surface area contributed by atoms with Gasteiger partial charge in [0.1, 0.15) is 6.26 Å². The second-order valence-electron chi connectivity index (χ2n) is 6.73. The number of furan rings is 1. The molecule has 1 saturated heterocycles. The molecule has 3 heterocycles. The van der Waals surface area contributed by atoms with Crippen molar-refractivity contribution < 1.29 is 14.0 Å². The fourth-order valence-corrected chi connectivity index (χ4v) is 3.29. The molecule has 1 aliphatic heterocycles. The van der Waals surface area contributed by atoms with E-state index in [9.17, 15) is 9.59 Å². The van der Waals surface area contributed by atoms with E-state index in [0.29, 0.717) is 43.0 Å². The molecule has 1 aromatic carbocycles. The summed E-state index contributed by atoms with van der Waals surface area (Å²) >= 11 is 0. The molecule has 0 atom stereocenters. The maximum Gasteiger partial charge on any atom is 0.257 e. The van der Waals surface area contributed by atoms with Crippen LogP contribution in [-0.2, 0) is 4.79 Å². The van der Waals surface area contributed by atoms with Gasteiger partial charge in [-0.25, -0.2) is 9.97 Å². The van der Waals surface area contributed by atoms with Crippen molar-refractivity contribution in [3.05, 3.63) is 66.9 Å². The van der Waals surface area contributed by atoms with Crippen LogP contribution in [0.15, 0.2) is 65.7 Å². The number of aromatic nitrogens is 2. The van der Waals surface area contributed by atoms with Crippen molar-refractivity contribution in [1.82, 2.24) is 14.9 Å². The van der Waals surface area contributed by atoms with Crippen molar-refractivity contribution in [2.45, 2.75) is 12.8 Å². The minimum absolute atomic E-state index is 0.0579. The second-order valence-corrected chi connectivity index (χ2v) is 6.73. The zero-order chi connectivity index (χ0) is 19.3. The number of carbonyl (C=O) groups excluding carboxylic acids is 2. The molecule has 142 valence electrons. The molecule has 1 aliphatic rings. The summed E-state index contributed by atoms with van der Waals surface area (Å²) in [6.45, 7) is 1.09.